The Kier molecular flexibility index (Phi) is 13.8. The zero-order chi connectivity index (χ0) is 47.7. The molecular weight excluding hydrogens is 855 g/mol. The van der Waals surface area contributed by atoms with Crippen molar-refractivity contribution >= 4 is 51.8 Å². The fourth-order valence-electron chi connectivity index (χ4n) is 10.2. The fraction of sp³-hybridized carbons (Fsp3) is 0.520. The molecule has 2 aromatic heterocycles. The largest absolute Gasteiger partial charge is 0.453 e. The molecule has 0 spiro atoms. The van der Waals surface area contributed by atoms with Crippen molar-refractivity contribution in [2.75, 3.05) is 46.4 Å². The molecule has 17 nitrogen and oxygen atoms in total. The number of amides is 4. The number of nitrogens with zero attached hydrogens (tertiary/aromatic N) is 5. The molecule has 0 saturated carbocycles. The maximum atomic E-state index is 14.0. The van der Waals surface area contributed by atoms with Crippen LogP contribution in [-0.2, 0) is 34.0 Å². The highest BCUT2D eigenvalue weighted by molar-refractivity contribution is 5.88. The summed E-state index contributed by atoms with van der Waals surface area (Å²) < 4.78 is 20.6. The number of alkyl carbamates (subject to hydrolysis) is 2. The van der Waals surface area contributed by atoms with Crippen LogP contribution in [0, 0.1) is 0 Å². The van der Waals surface area contributed by atoms with E-state index in [0.717, 1.165) is 77.4 Å². The van der Waals surface area contributed by atoms with Gasteiger partial charge in [0, 0.05) is 33.0 Å². The van der Waals surface area contributed by atoms with Crippen molar-refractivity contribution in [3.8, 4) is 0 Å². The van der Waals surface area contributed by atoms with E-state index in [1.807, 2.05) is 0 Å². The number of benzene rings is 3. The number of likely N-dealkylation sites (tertiary alicyclic amines) is 2. The van der Waals surface area contributed by atoms with Crippen molar-refractivity contribution in [2.24, 2.45) is 0 Å². The van der Waals surface area contributed by atoms with Gasteiger partial charge in [0.15, 0.2) is 0 Å². The number of H-pyrrole nitrogens is 2. The molecule has 3 aliphatic heterocycles. The molecule has 3 aliphatic rings. The average Bonchev–Trinajstić information content (AvgIpc) is 4.19. The van der Waals surface area contributed by atoms with Crippen molar-refractivity contribution in [1.29, 1.82) is 0 Å². The summed E-state index contributed by atoms with van der Waals surface area (Å²) in [5, 5.41) is 5.33. The first kappa shape index (κ1) is 47.3. The summed E-state index contributed by atoms with van der Waals surface area (Å²) in [6, 6.07) is 19.5. The zero-order valence-corrected chi connectivity index (χ0v) is 40.1. The van der Waals surface area contributed by atoms with E-state index in [0.29, 0.717) is 24.7 Å². The molecule has 3 saturated heterocycles. The Labute approximate surface area is 391 Å². The first-order valence-electron chi connectivity index (χ1n) is 23.4. The summed E-state index contributed by atoms with van der Waals surface area (Å²) >= 11 is 0. The van der Waals surface area contributed by atoms with E-state index < -0.39 is 36.5 Å². The molecule has 5 aromatic rings. The Morgan fingerprint density at radius 1 is 0.627 bits per heavy atom. The van der Waals surface area contributed by atoms with Gasteiger partial charge in [-0.05, 0) is 111 Å². The van der Waals surface area contributed by atoms with Crippen LogP contribution in [0.5, 0.6) is 0 Å². The summed E-state index contributed by atoms with van der Waals surface area (Å²) in [5.74, 6) is 0.922. The Morgan fingerprint density at radius 3 is 1.45 bits per heavy atom. The minimum atomic E-state index is -0.918. The third-order valence-corrected chi connectivity index (χ3v) is 14.1. The predicted molar refractivity (Wildman–Crippen MR) is 253 cm³/mol. The Hall–Kier alpha value is -6.20. The number of hydrogen-bond donors (Lipinski definition) is 4. The van der Waals surface area contributed by atoms with Gasteiger partial charge >= 0.3 is 12.2 Å². The van der Waals surface area contributed by atoms with Gasteiger partial charge in [-0.15, -0.1) is 0 Å². The Bertz CT molecular complexity index is 2440. The summed E-state index contributed by atoms with van der Waals surface area (Å²) in [5.41, 5.74) is 8.09. The molecule has 4 N–H and O–H groups in total. The molecule has 3 aromatic carbocycles. The van der Waals surface area contributed by atoms with E-state index in [1.165, 1.54) is 34.0 Å². The first-order valence-corrected chi connectivity index (χ1v) is 23.4. The second kappa shape index (κ2) is 19.6. The number of methoxy groups -OCH3 is 4. The highest BCUT2D eigenvalue weighted by Crippen LogP contribution is 2.48. The van der Waals surface area contributed by atoms with Crippen LogP contribution >= 0.6 is 0 Å². The third-order valence-electron chi connectivity index (χ3n) is 14.1. The summed E-state index contributed by atoms with van der Waals surface area (Å²) in [6.45, 7) is 11.2. The van der Waals surface area contributed by atoms with Gasteiger partial charge in [-0.2, -0.15) is 0 Å². The smallest absolute Gasteiger partial charge is 0.407 e. The number of nitrogens with one attached hydrogen (secondary N) is 4. The quantitative estimate of drug-likeness (QED) is 0.0905. The van der Waals surface area contributed by atoms with Crippen LogP contribution in [0.25, 0.3) is 22.1 Å². The second-order valence-corrected chi connectivity index (χ2v) is 19.1. The number of carbonyl (C=O) groups is 4. The minimum Gasteiger partial charge on any atom is -0.453 e. The lowest BCUT2D eigenvalue weighted by atomic mass is 9.87. The number of carbonyl (C=O) groups excluding carboxylic acids is 4. The lowest BCUT2D eigenvalue weighted by Gasteiger charge is -2.34. The van der Waals surface area contributed by atoms with E-state index in [-0.39, 0.29) is 41.4 Å². The van der Waals surface area contributed by atoms with E-state index in [2.05, 4.69) is 107 Å². The van der Waals surface area contributed by atoms with Gasteiger partial charge in [-0.25, -0.2) is 19.6 Å². The molecule has 0 bridgehead atoms. The molecular formula is C50H65N9O8. The molecule has 3 fully saturated rings. The van der Waals surface area contributed by atoms with Crippen molar-refractivity contribution in [3.05, 3.63) is 89.0 Å². The van der Waals surface area contributed by atoms with Crippen LogP contribution in [0.2, 0.25) is 0 Å². The normalized spacial score (nSPS) is 21.7. The van der Waals surface area contributed by atoms with Gasteiger partial charge in [0.25, 0.3) is 0 Å². The van der Waals surface area contributed by atoms with Crippen LogP contribution < -0.4 is 15.5 Å². The number of fused-ring (bicyclic) bond motifs is 2. The molecule has 67 heavy (non-hydrogen) atoms. The summed E-state index contributed by atoms with van der Waals surface area (Å²) in [4.78, 5) is 75.7. The molecule has 358 valence electrons. The zero-order valence-electron chi connectivity index (χ0n) is 40.1. The maximum absolute atomic E-state index is 14.0. The number of rotatable bonds is 13. The van der Waals surface area contributed by atoms with Crippen LogP contribution in [-0.4, -0.2) is 120 Å². The van der Waals surface area contributed by atoms with Crippen LogP contribution in [0.1, 0.15) is 126 Å². The number of anilines is 1. The number of imidazole rings is 2. The highest BCUT2D eigenvalue weighted by Gasteiger charge is 2.41. The Balaban J connectivity index is 1.08. The van der Waals surface area contributed by atoms with Gasteiger partial charge < -0.3 is 54.2 Å². The molecule has 8 rings (SSSR count). The van der Waals surface area contributed by atoms with Crippen LogP contribution in [0.15, 0.2) is 60.7 Å². The van der Waals surface area contributed by atoms with Crippen LogP contribution in [0.3, 0.4) is 0 Å². The van der Waals surface area contributed by atoms with Gasteiger partial charge in [0.1, 0.15) is 23.7 Å². The van der Waals surface area contributed by atoms with Crippen molar-refractivity contribution < 1.29 is 38.1 Å². The van der Waals surface area contributed by atoms with Gasteiger partial charge in [-0.3, -0.25) is 9.59 Å². The number of aromatic nitrogens is 4. The van der Waals surface area contributed by atoms with Crippen molar-refractivity contribution in [1.82, 2.24) is 40.4 Å². The minimum absolute atomic E-state index is 0.00428. The SMILES string of the molecule is COC(=O)NC(C(=O)N1CCC[C@H]1c1nc2ccc([C@H]3CC[C@H](c4ccc5nc([C@@H]6CCCN6C(=O)C(NC(=O)OC)C(C)OC)[nH]c5c4)N3c3ccc(C(C)(C)C)cc3)cc2[nH]1)C(C)OC. The lowest BCUT2D eigenvalue weighted by Crippen LogP contribution is -2.54. The summed E-state index contributed by atoms with van der Waals surface area (Å²) in [7, 11) is 5.56. The van der Waals surface area contributed by atoms with E-state index in [4.69, 9.17) is 28.9 Å². The van der Waals surface area contributed by atoms with E-state index in [1.54, 1.807) is 23.6 Å². The maximum Gasteiger partial charge on any atom is 0.407 e. The monoisotopic (exact) mass is 919 g/mol. The summed E-state index contributed by atoms with van der Waals surface area (Å²) in [6.07, 6.45) is 2.33. The van der Waals surface area contributed by atoms with Gasteiger partial charge in [0.2, 0.25) is 11.8 Å². The molecule has 0 radical (unpaired) electrons. The Morgan fingerprint density at radius 2 is 1.06 bits per heavy atom. The van der Waals surface area contributed by atoms with E-state index >= 15 is 0 Å². The second-order valence-electron chi connectivity index (χ2n) is 19.1. The van der Waals surface area contributed by atoms with E-state index in [9.17, 15) is 19.2 Å². The fourth-order valence-corrected chi connectivity index (χ4v) is 10.2. The van der Waals surface area contributed by atoms with Crippen molar-refractivity contribution in [3.63, 3.8) is 0 Å². The molecule has 4 unspecified atom stereocenters. The topological polar surface area (TPSA) is 196 Å². The standard InChI is InChI=1S/C50H65N9O8/c1-28(64-6)42(55-48(62)66-8)46(60)57-24-10-12-40(57)44-51-34-20-14-30(26-36(34)53-44)38-22-23-39(59(38)33-18-16-32(17-19-33)50(3,4)5)31-15-21-35-37(27-31)54-45(52-35)41-13-11-25-58(41)47(61)43(29(2)65-7)56-49(63)67-9/h14-21,26-29,38-43H,10-13,22-25H2,1-9H3,(H,51,53)(H,52,54)(H,55,62)(H,56,63)/t28?,29?,38-,39-,40+,41+,42?,43?/m1/s1. The van der Waals surface area contributed by atoms with Crippen molar-refractivity contribution in [2.45, 2.75) is 127 Å². The van der Waals surface area contributed by atoms with Crippen LogP contribution in [0.4, 0.5) is 15.3 Å². The highest BCUT2D eigenvalue weighted by atomic mass is 16.5. The predicted octanol–water partition coefficient (Wildman–Crippen LogP) is 7.67. The molecule has 17 heteroatoms. The third kappa shape index (κ3) is 9.53. The molecule has 0 aliphatic carbocycles. The number of aromatic amines is 2. The average molecular weight is 920 g/mol. The number of ether oxygens (including phenoxy) is 4. The van der Waals surface area contributed by atoms with Gasteiger partial charge in [-0.1, -0.05) is 45.0 Å². The molecule has 4 amide bonds. The lowest BCUT2D eigenvalue weighted by molar-refractivity contribution is -0.138. The van der Waals surface area contributed by atoms with Gasteiger partial charge in [0.05, 0.1) is 72.7 Å². The first-order chi connectivity index (χ1) is 32.1. The number of hydrogen-bond acceptors (Lipinski definition) is 11. The molecule has 8 atom stereocenters. The molecule has 5 heterocycles.